The second kappa shape index (κ2) is 4.01. The number of fused-ring (bicyclic) bond motifs is 1. The third kappa shape index (κ3) is 1.49. The number of hydrogen-bond donors (Lipinski definition) is 1. The van der Waals surface area contributed by atoms with Crippen LogP contribution in [0.25, 0.3) is 10.1 Å². The normalized spacial score (nSPS) is 11.0. The first-order valence-corrected chi connectivity index (χ1v) is 6.80. The average molecular weight is 244 g/mol. The quantitative estimate of drug-likeness (QED) is 0.491. The summed E-state index contributed by atoms with van der Waals surface area (Å²) in [4.78, 5) is 1.19. The maximum absolute atomic E-state index is 5.95. The molecule has 0 saturated heterocycles. The van der Waals surface area contributed by atoms with Gasteiger partial charge in [0.1, 0.15) is 0 Å². The van der Waals surface area contributed by atoms with Crippen molar-refractivity contribution in [2.75, 3.05) is 12.0 Å². The first-order valence-electron chi connectivity index (χ1n) is 4.16. The molecule has 1 aromatic carbocycles. The van der Waals surface area contributed by atoms with Gasteiger partial charge in [-0.1, -0.05) is 0 Å². The fourth-order valence-corrected chi connectivity index (χ4v) is 3.64. The minimum atomic E-state index is 0.549. The van der Waals surface area contributed by atoms with Gasteiger partial charge in [-0.2, -0.15) is 0 Å². The van der Waals surface area contributed by atoms with Gasteiger partial charge in [0, 0.05) is 26.5 Å². The Morgan fingerprint density at radius 1 is 1.57 bits per heavy atom. The van der Waals surface area contributed by atoms with Crippen LogP contribution < -0.4 is 5.73 Å². The summed E-state index contributed by atoms with van der Waals surface area (Å²) in [5, 5.41) is 3.18. The molecule has 0 aliphatic carbocycles. The van der Waals surface area contributed by atoms with Crippen LogP contribution in [0.4, 0.5) is 5.69 Å². The van der Waals surface area contributed by atoms with E-state index in [2.05, 4.69) is 11.4 Å². The van der Waals surface area contributed by atoms with Gasteiger partial charge in [0.15, 0.2) is 0 Å². The van der Waals surface area contributed by atoms with E-state index in [0.29, 0.717) is 5.88 Å². The van der Waals surface area contributed by atoms with E-state index >= 15 is 0 Å². The fraction of sp³-hybridized carbons (Fsp3) is 0.200. The predicted octanol–water partition coefficient (Wildman–Crippen LogP) is 3.94. The molecule has 0 unspecified atom stereocenters. The number of hydrogen-bond acceptors (Lipinski definition) is 3. The van der Waals surface area contributed by atoms with Crippen LogP contribution in [0, 0.1) is 0 Å². The number of benzene rings is 1. The molecule has 2 aromatic rings. The van der Waals surface area contributed by atoms with Gasteiger partial charge in [-0.05, 0) is 29.3 Å². The Labute approximate surface area is 96.2 Å². The Bertz CT molecular complexity index is 464. The highest BCUT2D eigenvalue weighted by molar-refractivity contribution is 7.98. The van der Waals surface area contributed by atoms with Crippen molar-refractivity contribution in [2.24, 2.45) is 0 Å². The molecule has 1 aromatic heterocycles. The highest BCUT2D eigenvalue weighted by Crippen LogP contribution is 2.36. The van der Waals surface area contributed by atoms with Gasteiger partial charge in [0.2, 0.25) is 0 Å². The summed E-state index contributed by atoms with van der Waals surface area (Å²) in [5.74, 6) is 0.549. The summed E-state index contributed by atoms with van der Waals surface area (Å²) >= 11 is 9.35. The van der Waals surface area contributed by atoms with Gasteiger partial charge in [-0.25, -0.2) is 0 Å². The summed E-state index contributed by atoms with van der Waals surface area (Å²) in [6, 6.07) is 4.06. The van der Waals surface area contributed by atoms with E-state index in [1.54, 1.807) is 23.1 Å². The summed E-state index contributed by atoms with van der Waals surface area (Å²) in [6.45, 7) is 0. The number of nitrogens with two attached hydrogens (primary N) is 1. The maximum Gasteiger partial charge on any atom is 0.0499 e. The zero-order chi connectivity index (χ0) is 10.1. The molecule has 14 heavy (non-hydrogen) atoms. The maximum atomic E-state index is 5.95. The monoisotopic (exact) mass is 243 g/mol. The molecule has 0 aliphatic rings. The average Bonchev–Trinajstić information content (AvgIpc) is 2.66. The number of rotatable bonds is 2. The number of thioether (sulfide) groups is 1. The molecule has 0 fully saturated rings. The Balaban J connectivity index is 2.82. The number of anilines is 1. The van der Waals surface area contributed by atoms with Gasteiger partial charge < -0.3 is 5.73 Å². The van der Waals surface area contributed by atoms with E-state index in [-0.39, 0.29) is 0 Å². The molecule has 74 valence electrons. The van der Waals surface area contributed by atoms with Crippen LogP contribution in [0.3, 0.4) is 0 Å². The third-order valence-corrected chi connectivity index (χ3v) is 4.23. The highest BCUT2D eigenvalue weighted by atomic mass is 35.5. The van der Waals surface area contributed by atoms with Gasteiger partial charge >= 0.3 is 0 Å². The summed E-state index contributed by atoms with van der Waals surface area (Å²) in [7, 11) is 0. The molecule has 0 bridgehead atoms. The molecule has 1 nitrogen and oxygen atoms in total. The molecule has 0 atom stereocenters. The molecular formula is C10H10ClNS2. The van der Waals surface area contributed by atoms with Crippen molar-refractivity contribution in [3.63, 3.8) is 0 Å². The van der Waals surface area contributed by atoms with Crippen molar-refractivity contribution in [3.8, 4) is 0 Å². The van der Waals surface area contributed by atoms with Crippen molar-refractivity contribution < 1.29 is 0 Å². The minimum absolute atomic E-state index is 0.549. The fourth-order valence-electron chi connectivity index (χ4n) is 1.50. The lowest BCUT2D eigenvalue weighted by Gasteiger charge is -2.07. The Kier molecular flexibility index (Phi) is 2.91. The van der Waals surface area contributed by atoms with E-state index in [4.69, 9.17) is 17.3 Å². The molecule has 0 saturated carbocycles. The van der Waals surface area contributed by atoms with Crippen molar-refractivity contribution in [2.45, 2.75) is 10.8 Å². The summed E-state index contributed by atoms with van der Waals surface area (Å²) in [5.41, 5.74) is 8.00. The van der Waals surface area contributed by atoms with E-state index < -0.39 is 0 Å². The van der Waals surface area contributed by atoms with E-state index in [0.717, 1.165) is 11.1 Å². The lowest BCUT2D eigenvalue weighted by Crippen LogP contribution is -1.90. The standard InChI is InChI=1S/C10H10ClNS2/c1-13-9-4-8(12)6-2-3-14-10(6)7(9)5-11/h2-4H,5,12H2,1H3. The van der Waals surface area contributed by atoms with E-state index in [1.807, 2.05) is 12.3 Å². The lowest BCUT2D eigenvalue weighted by molar-refractivity contribution is 1.32. The van der Waals surface area contributed by atoms with Crippen LogP contribution in [0.15, 0.2) is 22.4 Å². The van der Waals surface area contributed by atoms with Crippen LogP contribution >= 0.6 is 34.7 Å². The second-order valence-electron chi connectivity index (χ2n) is 2.94. The Morgan fingerprint density at radius 2 is 2.36 bits per heavy atom. The lowest BCUT2D eigenvalue weighted by atomic mass is 10.1. The summed E-state index contributed by atoms with van der Waals surface area (Å²) < 4.78 is 1.23. The van der Waals surface area contributed by atoms with Crippen LogP contribution in [0.1, 0.15) is 5.56 Å². The number of nitrogen functional groups attached to an aromatic ring is 1. The van der Waals surface area contributed by atoms with Crippen molar-refractivity contribution in [1.29, 1.82) is 0 Å². The molecule has 1 heterocycles. The molecule has 0 spiro atoms. The van der Waals surface area contributed by atoms with Crippen LogP contribution in [0.2, 0.25) is 0 Å². The molecule has 2 N–H and O–H groups in total. The SMILES string of the molecule is CSc1cc(N)c2ccsc2c1CCl. The van der Waals surface area contributed by atoms with E-state index in [9.17, 15) is 0 Å². The molecule has 4 heteroatoms. The van der Waals surface area contributed by atoms with Crippen molar-refractivity contribution >= 4 is 50.5 Å². The zero-order valence-electron chi connectivity index (χ0n) is 7.71. The first kappa shape index (κ1) is 10.1. The molecule has 0 aliphatic heterocycles. The van der Waals surface area contributed by atoms with Crippen LogP contribution in [-0.4, -0.2) is 6.26 Å². The first-order chi connectivity index (χ1) is 6.77. The van der Waals surface area contributed by atoms with Gasteiger partial charge in [0.25, 0.3) is 0 Å². The topological polar surface area (TPSA) is 26.0 Å². The largest absolute Gasteiger partial charge is 0.398 e. The predicted molar refractivity (Wildman–Crippen MR) is 67.6 cm³/mol. The number of alkyl halides is 1. The highest BCUT2D eigenvalue weighted by Gasteiger charge is 2.10. The third-order valence-electron chi connectivity index (χ3n) is 2.19. The number of thiophene rings is 1. The van der Waals surface area contributed by atoms with Gasteiger partial charge in [-0.3, -0.25) is 0 Å². The zero-order valence-corrected chi connectivity index (χ0v) is 10.1. The Morgan fingerprint density at radius 3 is 3.00 bits per heavy atom. The molecule has 2 rings (SSSR count). The van der Waals surface area contributed by atoms with Crippen LogP contribution in [0.5, 0.6) is 0 Å². The van der Waals surface area contributed by atoms with Gasteiger partial charge in [0.05, 0.1) is 0 Å². The molecule has 0 amide bonds. The summed E-state index contributed by atoms with van der Waals surface area (Å²) in [6.07, 6.45) is 2.05. The minimum Gasteiger partial charge on any atom is -0.398 e. The van der Waals surface area contributed by atoms with Crippen molar-refractivity contribution in [1.82, 2.24) is 0 Å². The van der Waals surface area contributed by atoms with Gasteiger partial charge in [-0.15, -0.1) is 34.7 Å². The smallest absolute Gasteiger partial charge is 0.0499 e. The second-order valence-corrected chi connectivity index (χ2v) is 4.98. The molecular weight excluding hydrogens is 234 g/mol. The van der Waals surface area contributed by atoms with Crippen molar-refractivity contribution in [3.05, 3.63) is 23.1 Å². The van der Waals surface area contributed by atoms with Crippen LogP contribution in [-0.2, 0) is 5.88 Å². The Hall–Kier alpha value is -0.380. The number of halogens is 1. The molecule has 0 radical (unpaired) electrons. The van der Waals surface area contributed by atoms with E-state index in [1.165, 1.54) is 15.2 Å².